The van der Waals surface area contributed by atoms with Gasteiger partial charge in [-0.2, -0.15) is 0 Å². The average Bonchev–Trinajstić information content (AvgIpc) is 3.74. The van der Waals surface area contributed by atoms with E-state index in [1.807, 2.05) is 58.3 Å². The fourth-order valence-corrected chi connectivity index (χ4v) is 6.98. The molecule has 2 fully saturated rings. The second-order valence-electron chi connectivity index (χ2n) is 11.1. The van der Waals surface area contributed by atoms with Crippen molar-refractivity contribution in [3.63, 3.8) is 0 Å². The number of carbonyl (C=O) groups excluding carboxylic acids is 2. The Morgan fingerprint density at radius 3 is 2.36 bits per heavy atom. The molecule has 0 radical (unpaired) electrons. The maximum Gasteiger partial charge on any atom is 0.272 e. The van der Waals surface area contributed by atoms with Crippen molar-refractivity contribution in [3.05, 3.63) is 89.3 Å². The molecule has 0 N–H and O–H groups in total. The number of nitrogens with zero attached hydrogens (tertiary/aromatic N) is 5. The Bertz CT molecular complexity index is 1700. The SMILES string of the molecule is O=C(c1cc(C(=O)N2CCCCC2)c2cc(OCc3nc4ccccc4s3)ccc2n1)N1CCC(n2cccc2)CC1. The van der Waals surface area contributed by atoms with E-state index in [2.05, 4.69) is 28.0 Å². The lowest BCUT2D eigenvalue weighted by molar-refractivity contribution is 0.0689. The van der Waals surface area contributed by atoms with Crippen LogP contribution in [0.3, 0.4) is 0 Å². The minimum atomic E-state index is -0.119. The number of thiazole rings is 1. The topological polar surface area (TPSA) is 80.6 Å². The first-order valence-corrected chi connectivity index (χ1v) is 15.6. The van der Waals surface area contributed by atoms with Gasteiger partial charge in [0.1, 0.15) is 23.1 Å². The third-order valence-corrected chi connectivity index (χ3v) is 9.38. The van der Waals surface area contributed by atoms with Gasteiger partial charge in [-0.15, -0.1) is 11.3 Å². The molecule has 214 valence electrons. The van der Waals surface area contributed by atoms with Gasteiger partial charge in [0.25, 0.3) is 11.8 Å². The van der Waals surface area contributed by atoms with E-state index in [-0.39, 0.29) is 11.8 Å². The molecule has 0 bridgehead atoms. The Morgan fingerprint density at radius 2 is 1.57 bits per heavy atom. The number of hydrogen-bond donors (Lipinski definition) is 0. The third-order valence-electron chi connectivity index (χ3n) is 8.37. The fourth-order valence-electron chi connectivity index (χ4n) is 6.10. The summed E-state index contributed by atoms with van der Waals surface area (Å²) in [5, 5.41) is 1.59. The van der Waals surface area contributed by atoms with E-state index >= 15 is 0 Å². The van der Waals surface area contributed by atoms with Crippen molar-refractivity contribution in [2.75, 3.05) is 26.2 Å². The van der Waals surface area contributed by atoms with Gasteiger partial charge < -0.3 is 19.1 Å². The lowest BCUT2D eigenvalue weighted by Gasteiger charge is -2.33. The van der Waals surface area contributed by atoms with Crippen LogP contribution in [0, 0.1) is 0 Å². The number of likely N-dealkylation sites (tertiary alicyclic amines) is 2. The molecule has 2 amide bonds. The number of piperidine rings is 2. The Hall–Kier alpha value is -4.24. The molecule has 7 rings (SSSR count). The van der Waals surface area contributed by atoms with Crippen molar-refractivity contribution < 1.29 is 14.3 Å². The summed E-state index contributed by atoms with van der Waals surface area (Å²) in [7, 11) is 0. The standard InChI is InChI=1S/C33H33N5O3S/c39-32(37-16-4-1-5-17-37)26-21-29(33(40)38-18-12-23(13-19-38)36-14-6-7-15-36)34-27-11-10-24(20-25(26)27)41-22-31-35-28-8-2-3-9-30(28)42-31/h2-3,6-11,14-15,20-21,23H,1,4-5,12-13,16-19,22H2. The summed E-state index contributed by atoms with van der Waals surface area (Å²) in [4.78, 5) is 40.8. The number of benzene rings is 2. The van der Waals surface area contributed by atoms with Gasteiger partial charge in [0, 0.05) is 50.0 Å². The summed E-state index contributed by atoms with van der Waals surface area (Å²) >= 11 is 1.61. The number of amides is 2. The average molecular weight is 580 g/mol. The Labute approximate surface area is 248 Å². The number of carbonyl (C=O) groups is 2. The Balaban J connectivity index is 1.16. The zero-order valence-electron chi connectivity index (χ0n) is 23.4. The van der Waals surface area contributed by atoms with Crippen LogP contribution in [0.1, 0.15) is 64.0 Å². The smallest absolute Gasteiger partial charge is 0.272 e. The summed E-state index contributed by atoms with van der Waals surface area (Å²) in [6.45, 7) is 3.12. The first-order valence-electron chi connectivity index (χ1n) is 14.8. The normalized spacial score (nSPS) is 16.3. The number of rotatable bonds is 6. The first-order chi connectivity index (χ1) is 20.6. The molecule has 9 heteroatoms. The molecule has 2 aliphatic rings. The number of aromatic nitrogens is 3. The van der Waals surface area contributed by atoms with Crippen LogP contribution in [0.4, 0.5) is 0 Å². The summed E-state index contributed by atoms with van der Waals surface area (Å²) < 4.78 is 9.49. The van der Waals surface area contributed by atoms with Gasteiger partial charge in [0.05, 0.1) is 21.3 Å². The highest BCUT2D eigenvalue weighted by Crippen LogP contribution is 2.29. The third kappa shape index (κ3) is 5.36. The van der Waals surface area contributed by atoms with E-state index in [1.54, 1.807) is 17.4 Å². The monoisotopic (exact) mass is 579 g/mol. The van der Waals surface area contributed by atoms with Crippen molar-refractivity contribution in [2.24, 2.45) is 0 Å². The van der Waals surface area contributed by atoms with E-state index in [4.69, 9.17) is 9.72 Å². The van der Waals surface area contributed by atoms with Crippen LogP contribution in [0.2, 0.25) is 0 Å². The van der Waals surface area contributed by atoms with Crippen molar-refractivity contribution >= 4 is 44.3 Å². The molecule has 42 heavy (non-hydrogen) atoms. The van der Waals surface area contributed by atoms with Crippen molar-refractivity contribution in [2.45, 2.75) is 44.8 Å². The summed E-state index contributed by atoms with van der Waals surface area (Å²) in [5.41, 5.74) is 2.42. The van der Waals surface area contributed by atoms with Crippen molar-refractivity contribution in [3.8, 4) is 5.75 Å². The second-order valence-corrected chi connectivity index (χ2v) is 12.2. The van der Waals surface area contributed by atoms with Crippen molar-refractivity contribution in [1.29, 1.82) is 0 Å². The number of fused-ring (bicyclic) bond motifs is 2. The van der Waals surface area contributed by atoms with Gasteiger partial charge in [-0.1, -0.05) is 12.1 Å². The molecule has 0 saturated carbocycles. The van der Waals surface area contributed by atoms with Crippen LogP contribution >= 0.6 is 11.3 Å². The molecular formula is C33H33N5O3S. The number of hydrogen-bond acceptors (Lipinski definition) is 6. The highest BCUT2D eigenvalue weighted by molar-refractivity contribution is 7.18. The molecule has 2 aliphatic heterocycles. The van der Waals surface area contributed by atoms with E-state index in [0.717, 1.165) is 60.4 Å². The number of ether oxygens (including phenoxy) is 1. The highest BCUT2D eigenvalue weighted by Gasteiger charge is 2.28. The zero-order valence-corrected chi connectivity index (χ0v) is 24.3. The second kappa shape index (κ2) is 11.6. The molecule has 3 aromatic heterocycles. The van der Waals surface area contributed by atoms with Crippen LogP contribution in [0.5, 0.6) is 5.75 Å². The van der Waals surface area contributed by atoms with Crippen LogP contribution in [-0.4, -0.2) is 62.3 Å². The van der Waals surface area contributed by atoms with Gasteiger partial charge in [-0.25, -0.2) is 9.97 Å². The fraction of sp³-hybridized carbons (Fsp3) is 0.333. The lowest BCUT2D eigenvalue weighted by Crippen LogP contribution is -2.39. The summed E-state index contributed by atoms with van der Waals surface area (Å²) in [6.07, 6.45) is 9.07. The highest BCUT2D eigenvalue weighted by atomic mass is 32.1. The molecule has 0 unspecified atom stereocenters. The van der Waals surface area contributed by atoms with Crippen LogP contribution in [0.25, 0.3) is 21.1 Å². The zero-order chi connectivity index (χ0) is 28.5. The van der Waals surface area contributed by atoms with E-state index < -0.39 is 0 Å². The molecule has 8 nitrogen and oxygen atoms in total. The molecule has 5 aromatic rings. The van der Waals surface area contributed by atoms with Gasteiger partial charge in [-0.05, 0) is 80.6 Å². The van der Waals surface area contributed by atoms with Gasteiger partial charge in [0.2, 0.25) is 0 Å². The van der Waals surface area contributed by atoms with Gasteiger partial charge in [-0.3, -0.25) is 9.59 Å². The largest absolute Gasteiger partial charge is 0.486 e. The summed E-state index contributed by atoms with van der Waals surface area (Å²) in [5.74, 6) is 0.472. The maximum atomic E-state index is 13.9. The van der Waals surface area contributed by atoms with E-state index in [1.165, 1.54) is 0 Å². The molecule has 0 spiro atoms. The molecule has 2 aromatic carbocycles. The van der Waals surface area contributed by atoms with Gasteiger partial charge >= 0.3 is 0 Å². The Morgan fingerprint density at radius 1 is 0.810 bits per heavy atom. The minimum Gasteiger partial charge on any atom is -0.486 e. The first kappa shape index (κ1) is 26.6. The van der Waals surface area contributed by atoms with Gasteiger partial charge in [0.15, 0.2) is 0 Å². The molecule has 0 aliphatic carbocycles. The predicted molar refractivity (Wildman–Crippen MR) is 164 cm³/mol. The maximum absolute atomic E-state index is 13.9. The predicted octanol–water partition coefficient (Wildman–Crippen LogP) is 6.33. The van der Waals surface area contributed by atoms with E-state index in [0.29, 0.717) is 53.6 Å². The van der Waals surface area contributed by atoms with E-state index in [9.17, 15) is 9.59 Å². The van der Waals surface area contributed by atoms with Crippen LogP contribution in [-0.2, 0) is 6.61 Å². The van der Waals surface area contributed by atoms with Crippen molar-refractivity contribution in [1.82, 2.24) is 24.3 Å². The molecule has 0 atom stereocenters. The lowest BCUT2D eigenvalue weighted by atomic mass is 10.0. The van der Waals surface area contributed by atoms with Crippen LogP contribution < -0.4 is 4.74 Å². The Kier molecular flexibility index (Phi) is 7.34. The molecule has 5 heterocycles. The molecular weight excluding hydrogens is 546 g/mol. The number of pyridine rings is 1. The number of para-hydroxylation sites is 1. The minimum absolute atomic E-state index is 0.0502. The summed E-state index contributed by atoms with van der Waals surface area (Å²) in [6, 6.07) is 19.8. The quantitative estimate of drug-likeness (QED) is 0.235. The van der Waals surface area contributed by atoms with Crippen LogP contribution in [0.15, 0.2) is 73.1 Å². The molecule has 2 saturated heterocycles.